The van der Waals surface area contributed by atoms with E-state index in [0.717, 1.165) is 15.9 Å². The van der Waals surface area contributed by atoms with Crippen molar-refractivity contribution in [3.63, 3.8) is 0 Å². The lowest BCUT2D eigenvalue weighted by atomic mass is 10.0. The zero-order valence-corrected chi connectivity index (χ0v) is 10.00. The van der Waals surface area contributed by atoms with Gasteiger partial charge in [-0.05, 0) is 11.6 Å². The average Bonchev–Trinajstić information content (AvgIpc) is 2.38. The van der Waals surface area contributed by atoms with Crippen LogP contribution < -0.4 is 4.73 Å². The molecule has 0 amide bonds. The molecular formula is C14H13NO3. The lowest BCUT2D eigenvalue weighted by Crippen LogP contribution is -2.32. The fraction of sp³-hybridized carbons (Fsp3) is 0.143. The number of hydrogen-bond acceptors (Lipinski definition) is 3. The summed E-state index contributed by atoms with van der Waals surface area (Å²) in [5.74, 6) is -0.405. The second-order valence-electron chi connectivity index (χ2n) is 3.84. The van der Waals surface area contributed by atoms with Crippen LogP contribution in [-0.4, -0.2) is 5.97 Å². The quantitative estimate of drug-likeness (QED) is 0.471. The molecule has 0 atom stereocenters. The van der Waals surface area contributed by atoms with E-state index in [1.54, 1.807) is 6.07 Å². The monoisotopic (exact) mass is 243 g/mol. The molecule has 92 valence electrons. The van der Waals surface area contributed by atoms with E-state index in [-0.39, 0.29) is 6.61 Å². The topological polar surface area (TPSA) is 53.2 Å². The summed E-state index contributed by atoms with van der Waals surface area (Å²) in [5.41, 5.74) is 2.12. The van der Waals surface area contributed by atoms with Gasteiger partial charge in [0.2, 0.25) is 5.69 Å². The molecule has 0 aliphatic rings. The molecule has 4 heteroatoms. The molecule has 2 rings (SSSR count). The molecule has 0 unspecified atom stereocenters. The van der Waals surface area contributed by atoms with E-state index in [9.17, 15) is 10.0 Å². The third kappa shape index (κ3) is 2.66. The Morgan fingerprint density at radius 3 is 2.61 bits per heavy atom. The van der Waals surface area contributed by atoms with E-state index in [4.69, 9.17) is 4.74 Å². The van der Waals surface area contributed by atoms with Crippen LogP contribution in [0.5, 0.6) is 0 Å². The number of benzene rings is 1. The van der Waals surface area contributed by atoms with Crippen LogP contribution in [0.15, 0.2) is 48.7 Å². The number of nitrogens with zero attached hydrogens (tertiary/aromatic N) is 1. The molecule has 0 saturated carbocycles. The largest absolute Gasteiger partial charge is 0.618 e. The molecule has 0 saturated heterocycles. The zero-order chi connectivity index (χ0) is 13.0. The first-order valence-electron chi connectivity index (χ1n) is 5.58. The summed E-state index contributed by atoms with van der Waals surface area (Å²) in [6.07, 6.45) is 1.39. The van der Waals surface area contributed by atoms with E-state index in [1.807, 2.05) is 36.4 Å². The molecule has 0 N–H and O–H groups in total. The molecule has 0 spiro atoms. The zero-order valence-electron chi connectivity index (χ0n) is 10.00. The molecule has 0 radical (unpaired) electrons. The SMILES string of the molecule is CC(=O)OCc1c(-c2ccccc2)ccc[n+]1[O-]. The van der Waals surface area contributed by atoms with Crippen molar-refractivity contribution in [2.45, 2.75) is 13.5 Å². The molecule has 0 aliphatic carbocycles. The van der Waals surface area contributed by atoms with Crippen molar-refractivity contribution in [1.29, 1.82) is 0 Å². The highest BCUT2D eigenvalue weighted by Gasteiger charge is 2.15. The van der Waals surface area contributed by atoms with Crippen molar-refractivity contribution >= 4 is 5.97 Å². The number of carbonyl (C=O) groups excluding carboxylic acids is 1. The normalized spacial score (nSPS) is 10.1. The van der Waals surface area contributed by atoms with Crippen LogP contribution in [0.1, 0.15) is 12.6 Å². The summed E-state index contributed by atoms with van der Waals surface area (Å²) in [6.45, 7) is 1.30. The second kappa shape index (κ2) is 5.31. The number of rotatable bonds is 3. The fourth-order valence-electron chi connectivity index (χ4n) is 1.71. The number of carbonyl (C=O) groups is 1. The van der Waals surface area contributed by atoms with Crippen LogP contribution in [0.2, 0.25) is 0 Å². The minimum atomic E-state index is -0.405. The number of pyridine rings is 1. The Morgan fingerprint density at radius 1 is 1.22 bits per heavy atom. The predicted octanol–water partition coefficient (Wildman–Crippen LogP) is 2.05. The van der Waals surface area contributed by atoms with Crippen LogP contribution in [0, 0.1) is 5.21 Å². The summed E-state index contributed by atoms with van der Waals surface area (Å²) >= 11 is 0. The fourth-order valence-corrected chi connectivity index (χ4v) is 1.71. The molecule has 2 aromatic rings. The van der Waals surface area contributed by atoms with Gasteiger partial charge in [-0.1, -0.05) is 30.3 Å². The first kappa shape index (κ1) is 12.1. The van der Waals surface area contributed by atoms with Crippen LogP contribution in [0.3, 0.4) is 0 Å². The van der Waals surface area contributed by atoms with Gasteiger partial charge in [0.1, 0.15) is 0 Å². The van der Waals surface area contributed by atoms with Gasteiger partial charge in [-0.25, -0.2) is 0 Å². The average molecular weight is 243 g/mol. The van der Waals surface area contributed by atoms with Crippen LogP contribution in [0.25, 0.3) is 11.1 Å². The van der Waals surface area contributed by atoms with Gasteiger partial charge in [0.05, 0.1) is 5.56 Å². The Hall–Kier alpha value is -2.36. The van der Waals surface area contributed by atoms with Gasteiger partial charge in [-0.2, -0.15) is 4.73 Å². The van der Waals surface area contributed by atoms with Gasteiger partial charge in [-0.15, -0.1) is 0 Å². The van der Waals surface area contributed by atoms with Crippen molar-refractivity contribution in [3.8, 4) is 11.1 Å². The molecule has 1 aromatic carbocycles. The molecule has 0 aliphatic heterocycles. The Balaban J connectivity index is 2.41. The van der Waals surface area contributed by atoms with Crippen molar-refractivity contribution in [3.05, 3.63) is 59.6 Å². The van der Waals surface area contributed by atoms with Gasteiger partial charge in [0.15, 0.2) is 12.8 Å². The van der Waals surface area contributed by atoms with E-state index < -0.39 is 5.97 Å². The number of ether oxygens (including phenoxy) is 1. The van der Waals surface area contributed by atoms with Gasteiger partial charge >= 0.3 is 5.97 Å². The van der Waals surface area contributed by atoms with Crippen LogP contribution >= 0.6 is 0 Å². The molecular weight excluding hydrogens is 230 g/mol. The van der Waals surface area contributed by atoms with Crippen LogP contribution in [-0.2, 0) is 16.1 Å². The summed E-state index contributed by atoms with van der Waals surface area (Å²) in [7, 11) is 0. The lowest BCUT2D eigenvalue weighted by Gasteiger charge is -2.09. The number of hydrogen-bond donors (Lipinski definition) is 0. The van der Waals surface area contributed by atoms with Crippen molar-refractivity contribution in [1.82, 2.24) is 0 Å². The van der Waals surface area contributed by atoms with Gasteiger partial charge in [0.25, 0.3) is 0 Å². The van der Waals surface area contributed by atoms with Gasteiger partial charge < -0.3 is 9.94 Å². The molecule has 1 aromatic heterocycles. The lowest BCUT2D eigenvalue weighted by molar-refractivity contribution is -0.615. The maximum absolute atomic E-state index is 11.8. The highest BCUT2D eigenvalue weighted by atomic mass is 16.5. The Morgan fingerprint density at radius 2 is 1.94 bits per heavy atom. The molecule has 18 heavy (non-hydrogen) atoms. The molecule has 1 heterocycles. The highest BCUT2D eigenvalue weighted by molar-refractivity contribution is 5.67. The Labute approximate surface area is 105 Å². The molecule has 0 bridgehead atoms. The predicted molar refractivity (Wildman–Crippen MR) is 66.3 cm³/mol. The van der Waals surface area contributed by atoms with Crippen LogP contribution in [0.4, 0.5) is 0 Å². The summed E-state index contributed by atoms with van der Waals surface area (Å²) in [6, 6.07) is 13.0. The van der Waals surface area contributed by atoms with Gasteiger partial charge in [-0.3, -0.25) is 4.79 Å². The second-order valence-corrected chi connectivity index (χ2v) is 3.84. The van der Waals surface area contributed by atoms with Crippen molar-refractivity contribution in [2.75, 3.05) is 0 Å². The van der Waals surface area contributed by atoms with E-state index >= 15 is 0 Å². The third-order valence-electron chi connectivity index (χ3n) is 2.56. The molecule has 0 fully saturated rings. The minimum Gasteiger partial charge on any atom is -0.618 e. The molecule has 4 nitrogen and oxygen atoms in total. The Kier molecular flexibility index (Phi) is 3.57. The highest BCUT2D eigenvalue weighted by Crippen LogP contribution is 2.21. The standard InChI is InChI=1S/C14H13NO3/c1-11(16)18-10-14-13(8-5-9-15(14)17)12-6-3-2-4-7-12/h2-9H,10H2,1H3. The minimum absolute atomic E-state index is 0.0239. The maximum Gasteiger partial charge on any atom is 0.303 e. The third-order valence-corrected chi connectivity index (χ3v) is 2.56. The van der Waals surface area contributed by atoms with Crippen molar-refractivity contribution < 1.29 is 14.3 Å². The first-order valence-corrected chi connectivity index (χ1v) is 5.58. The summed E-state index contributed by atoms with van der Waals surface area (Å²) in [4.78, 5) is 10.8. The van der Waals surface area contributed by atoms with E-state index in [1.165, 1.54) is 13.1 Å². The van der Waals surface area contributed by atoms with Gasteiger partial charge in [0, 0.05) is 13.0 Å². The summed E-state index contributed by atoms with van der Waals surface area (Å²) in [5, 5.41) is 11.8. The maximum atomic E-state index is 11.8. The number of esters is 1. The Bertz CT molecular complexity index is 552. The summed E-state index contributed by atoms with van der Waals surface area (Å²) < 4.78 is 5.64. The smallest absolute Gasteiger partial charge is 0.303 e. The van der Waals surface area contributed by atoms with Crippen molar-refractivity contribution in [2.24, 2.45) is 0 Å². The van der Waals surface area contributed by atoms with E-state index in [0.29, 0.717) is 5.69 Å². The first-order chi connectivity index (χ1) is 8.68. The van der Waals surface area contributed by atoms with E-state index in [2.05, 4.69) is 0 Å². The number of aromatic nitrogens is 1.